The first-order chi connectivity index (χ1) is 10.7. The highest BCUT2D eigenvalue weighted by Crippen LogP contribution is 2.19. The number of benzene rings is 1. The van der Waals surface area contributed by atoms with E-state index in [9.17, 15) is 9.59 Å². The molecule has 7 nitrogen and oxygen atoms in total. The number of carbonyl (C=O) groups excluding carboxylic acids is 2. The van der Waals surface area contributed by atoms with Crippen molar-refractivity contribution < 1.29 is 14.3 Å². The van der Waals surface area contributed by atoms with Crippen molar-refractivity contribution in [3.63, 3.8) is 0 Å². The second-order valence-corrected chi connectivity index (χ2v) is 6.09. The van der Waals surface area contributed by atoms with Crippen LogP contribution in [0.5, 0.6) is 0 Å². The van der Waals surface area contributed by atoms with Crippen LogP contribution in [-0.4, -0.2) is 37.7 Å². The van der Waals surface area contributed by atoms with Gasteiger partial charge in [-0.2, -0.15) is 0 Å². The quantitative estimate of drug-likeness (QED) is 0.473. The molecule has 0 aliphatic rings. The highest BCUT2D eigenvalue weighted by Gasteiger charge is 2.15. The van der Waals surface area contributed by atoms with Gasteiger partial charge in [-0.15, -0.1) is 0 Å². The third-order valence-electron chi connectivity index (χ3n) is 2.88. The Morgan fingerprint density at radius 2 is 1.91 bits per heavy atom. The third-order valence-corrected chi connectivity index (χ3v) is 2.88. The van der Waals surface area contributed by atoms with Gasteiger partial charge in [0.15, 0.2) is 0 Å². The van der Waals surface area contributed by atoms with E-state index in [0.717, 1.165) is 0 Å². The Morgan fingerprint density at radius 1 is 1.22 bits per heavy atom. The Bertz CT molecular complexity index is 553. The van der Waals surface area contributed by atoms with Gasteiger partial charge >= 0.3 is 6.09 Å². The molecule has 5 N–H and O–H groups in total. The highest BCUT2D eigenvalue weighted by atomic mass is 16.6. The van der Waals surface area contributed by atoms with Crippen molar-refractivity contribution >= 4 is 23.4 Å². The van der Waals surface area contributed by atoms with E-state index in [-0.39, 0.29) is 5.91 Å². The number of amides is 2. The van der Waals surface area contributed by atoms with Gasteiger partial charge in [-0.3, -0.25) is 4.79 Å². The molecule has 7 heteroatoms. The first kappa shape index (κ1) is 18.6. The molecule has 0 aromatic heterocycles. The molecule has 0 saturated carbocycles. The summed E-state index contributed by atoms with van der Waals surface area (Å²) in [7, 11) is 1.58. The molecular weight excluding hydrogens is 296 g/mol. The molecule has 1 rings (SSSR count). The smallest absolute Gasteiger partial charge is 0.407 e. The number of hydrogen-bond acceptors (Lipinski definition) is 5. The van der Waals surface area contributed by atoms with Gasteiger partial charge in [0, 0.05) is 25.7 Å². The van der Waals surface area contributed by atoms with Crippen LogP contribution in [-0.2, 0) is 4.74 Å². The van der Waals surface area contributed by atoms with E-state index in [1.54, 1.807) is 25.2 Å². The van der Waals surface area contributed by atoms with Crippen molar-refractivity contribution in [2.75, 3.05) is 31.2 Å². The zero-order valence-corrected chi connectivity index (χ0v) is 14.2. The van der Waals surface area contributed by atoms with Gasteiger partial charge in [0.05, 0.1) is 11.4 Å². The van der Waals surface area contributed by atoms with Crippen LogP contribution in [0.3, 0.4) is 0 Å². The standard InChI is InChI=1S/C16H26N4O3/c1-16(2,3)23-15(22)20-9-5-8-19-13-10-11(14(21)18-4)6-7-12(13)17/h6-7,10,19H,5,8-9,17H2,1-4H3,(H,18,21)(H,20,22). The van der Waals surface area contributed by atoms with Gasteiger partial charge < -0.3 is 26.4 Å². The molecule has 1 aromatic carbocycles. The topological polar surface area (TPSA) is 105 Å². The number of nitrogen functional groups attached to an aromatic ring is 1. The summed E-state index contributed by atoms with van der Waals surface area (Å²) in [6.45, 7) is 6.54. The number of anilines is 2. The van der Waals surface area contributed by atoms with Gasteiger partial charge in [-0.05, 0) is 45.4 Å². The average molecular weight is 322 g/mol. The lowest BCUT2D eigenvalue weighted by molar-refractivity contribution is 0.0527. The van der Waals surface area contributed by atoms with Gasteiger partial charge in [-0.25, -0.2) is 4.79 Å². The Hall–Kier alpha value is -2.44. The molecule has 1 aromatic rings. The van der Waals surface area contributed by atoms with Gasteiger partial charge in [0.2, 0.25) is 0 Å². The lowest BCUT2D eigenvalue weighted by Gasteiger charge is -2.19. The van der Waals surface area contributed by atoms with Gasteiger partial charge in [-0.1, -0.05) is 0 Å². The van der Waals surface area contributed by atoms with Gasteiger partial charge in [0.25, 0.3) is 5.91 Å². The molecule has 23 heavy (non-hydrogen) atoms. The second kappa shape index (κ2) is 8.26. The van der Waals surface area contributed by atoms with Crippen molar-refractivity contribution in [3.8, 4) is 0 Å². The molecule has 0 heterocycles. The molecular formula is C16H26N4O3. The molecule has 0 radical (unpaired) electrons. The summed E-state index contributed by atoms with van der Waals surface area (Å²) in [5, 5.41) is 8.41. The maximum absolute atomic E-state index is 11.6. The molecule has 0 unspecified atom stereocenters. The summed E-state index contributed by atoms with van der Waals surface area (Å²) in [6.07, 6.45) is 0.265. The molecule has 0 fully saturated rings. The average Bonchev–Trinajstić information content (AvgIpc) is 2.46. The van der Waals surface area contributed by atoms with E-state index in [4.69, 9.17) is 10.5 Å². The van der Waals surface area contributed by atoms with Crippen LogP contribution in [0.4, 0.5) is 16.2 Å². The number of ether oxygens (including phenoxy) is 1. The minimum Gasteiger partial charge on any atom is -0.444 e. The molecule has 0 atom stereocenters. The minimum atomic E-state index is -0.503. The highest BCUT2D eigenvalue weighted by molar-refractivity contribution is 5.96. The summed E-state index contributed by atoms with van der Waals surface area (Å²) < 4.78 is 5.14. The van der Waals surface area contributed by atoms with Crippen LogP contribution in [0.25, 0.3) is 0 Å². The molecule has 0 spiro atoms. The van der Waals surface area contributed by atoms with Crippen LogP contribution in [0.2, 0.25) is 0 Å². The number of carbonyl (C=O) groups is 2. The van der Waals surface area contributed by atoms with E-state index in [2.05, 4.69) is 16.0 Å². The SMILES string of the molecule is CNC(=O)c1ccc(N)c(NCCCNC(=O)OC(C)(C)C)c1. The van der Waals surface area contributed by atoms with E-state index in [1.807, 2.05) is 20.8 Å². The Kier molecular flexibility index (Phi) is 6.68. The van der Waals surface area contributed by atoms with Crippen LogP contribution < -0.4 is 21.7 Å². The van der Waals surface area contributed by atoms with E-state index in [1.165, 1.54) is 0 Å². The summed E-state index contributed by atoms with van der Waals surface area (Å²) in [5.74, 6) is -0.167. The van der Waals surface area contributed by atoms with Crippen molar-refractivity contribution in [2.45, 2.75) is 32.8 Å². The first-order valence-electron chi connectivity index (χ1n) is 7.55. The van der Waals surface area contributed by atoms with Crippen LogP contribution in [0, 0.1) is 0 Å². The van der Waals surface area contributed by atoms with Crippen LogP contribution in [0.1, 0.15) is 37.6 Å². The fourth-order valence-corrected chi connectivity index (χ4v) is 1.81. The van der Waals surface area contributed by atoms with Gasteiger partial charge in [0.1, 0.15) is 5.60 Å². The van der Waals surface area contributed by atoms with Crippen molar-refractivity contribution in [2.24, 2.45) is 0 Å². The van der Waals surface area contributed by atoms with Crippen molar-refractivity contribution in [3.05, 3.63) is 23.8 Å². The first-order valence-corrected chi connectivity index (χ1v) is 7.55. The molecule has 2 amide bonds. The van der Waals surface area contributed by atoms with E-state index >= 15 is 0 Å². The van der Waals surface area contributed by atoms with Crippen LogP contribution in [0.15, 0.2) is 18.2 Å². The molecule has 0 saturated heterocycles. The molecule has 0 aliphatic heterocycles. The zero-order chi connectivity index (χ0) is 17.5. The second-order valence-electron chi connectivity index (χ2n) is 6.09. The lowest BCUT2D eigenvalue weighted by Crippen LogP contribution is -2.33. The molecule has 128 valence electrons. The normalized spacial score (nSPS) is 10.8. The van der Waals surface area contributed by atoms with Crippen LogP contribution >= 0.6 is 0 Å². The maximum Gasteiger partial charge on any atom is 0.407 e. The van der Waals surface area contributed by atoms with E-state index < -0.39 is 11.7 Å². The largest absolute Gasteiger partial charge is 0.444 e. The predicted molar refractivity (Wildman–Crippen MR) is 91.6 cm³/mol. The van der Waals surface area contributed by atoms with Crippen molar-refractivity contribution in [1.29, 1.82) is 0 Å². The summed E-state index contributed by atoms with van der Waals surface area (Å²) >= 11 is 0. The fourth-order valence-electron chi connectivity index (χ4n) is 1.81. The number of nitrogens with two attached hydrogens (primary N) is 1. The Labute approximate surface area is 137 Å². The number of hydrogen-bond donors (Lipinski definition) is 4. The summed E-state index contributed by atoms with van der Waals surface area (Å²) in [6, 6.07) is 5.06. The molecule has 0 aliphatic carbocycles. The lowest BCUT2D eigenvalue weighted by atomic mass is 10.1. The Morgan fingerprint density at radius 3 is 2.52 bits per heavy atom. The third kappa shape index (κ3) is 6.90. The summed E-state index contributed by atoms with van der Waals surface area (Å²) in [4.78, 5) is 23.1. The number of rotatable bonds is 6. The zero-order valence-electron chi connectivity index (χ0n) is 14.2. The fraction of sp³-hybridized carbons (Fsp3) is 0.500. The Balaban J connectivity index is 2.39. The van der Waals surface area contributed by atoms with Crippen molar-refractivity contribution in [1.82, 2.24) is 10.6 Å². The number of nitrogens with one attached hydrogen (secondary N) is 3. The predicted octanol–water partition coefficient (Wildman–Crippen LogP) is 1.96. The summed E-state index contributed by atoms with van der Waals surface area (Å²) in [5.41, 5.74) is 7.18. The van der Waals surface area contributed by atoms with E-state index in [0.29, 0.717) is 36.4 Å². The number of alkyl carbamates (subject to hydrolysis) is 1. The minimum absolute atomic E-state index is 0.167. The molecule has 0 bridgehead atoms. The maximum atomic E-state index is 11.6. The monoisotopic (exact) mass is 322 g/mol.